The number of nitrogens with one attached hydrogen (secondary N) is 1. The molecule has 1 saturated heterocycles. The van der Waals surface area contributed by atoms with Crippen LogP contribution in [0.25, 0.3) is 0 Å². The quantitative estimate of drug-likeness (QED) is 0.792. The normalized spacial score (nSPS) is 20.3. The summed E-state index contributed by atoms with van der Waals surface area (Å²) in [5.41, 5.74) is 2.38. The maximum Gasteiger partial charge on any atom is 0.129 e. The highest BCUT2D eigenvalue weighted by atomic mass is 16.5. The minimum atomic E-state index is 0.411. The molecule has 2 fully saturated rings. The van der Waals surface area contributed by atoms with Gasteiger partial charge in [-0.1, -0.05) is 0 Å². The van der Waals surface area contributed by atoms with Crippen LogP contribution in [0.15, 0.2) is 24.9 Å². The molecule has 7 heteroatoms. The lowest BCUT2D eigenvalue weighted by atomic mass is 10.1. The Hall–Kier alpha value is -1.99. The third kappa shape index (κ3) is 4.16. The maximum absolute atomic E-state index is 5.45. The van der Waals surface area contributed by atoms with E-state index in [2.05, 4.69) is 42.8 Å². The first-order valence-corrected chi connectivity index (χ1v) is 9.12. The maximum atomic E-state index is 5.45. The summed E-state index contributed by atoms with van der Waals surface area (Å²) in [7, 11) is 2.15. The van der Waals surface area contributed by atoms with Crippen LogP contribution in [0.5, 0.6) is 0 Å². The van der Waals surface area contributed by atoms with Gasteiger partial charge in [0, 0.05) is 50.5 Å². The van der Waals surface area contributed by atoms with E-state index in [0.29, 0.717) is 12.0 Å². The average molecular weight is 342 g/mol. The van der Waals surface area contributed by atoms with Gasteiger partial charge in [-0.25, -0.2) is 15.0 Å². The molecule has 134 valence electrons. The monoisotopic (exact) mass is 342 g/mol. The molecule has 1 saturated carbocycles. The minimum Gasteiger partial charge on any atom is -0.381 e. The number of nitrogens with zero attached hydrogens (tertiary/aromatic N) is 5. The fraction of sp³-hybridized carbons (Fsp3) is 0.611. The Morgan fingerprint density at radius 1 is 1.32 bits per heavy atom. The van der Waals surface area contributed by atoms with E-state index in [1.807, 2.05) is 12.5 Å². The molecular formula is C18H26N6O. The molecule has 1 aliphatic heterocycles. The van der Waals surface area contributed by atoms with Gasteiger partial charge in [-0.15, -0.1) is 0 Å². The Bertz CT molecular complexity index is 692. The number of rotatable bonds is 8. The number of hydrogen-bond donors (Lipinski definition) is 1. The standard InChI is InChI=1S/C18H26N6O/c1-23(10-16-9-19-13-24(16)15-2-3-15)6-5-20-18-8-17(21-12-22-18)14-4-7-25-11-14/h8-9,12-15H,2-7,10-11H2,1H3,(H,20,21,22)/t14-/m1/s1. The smallest absolute Gasteiger partial charge is 0.129 e. The van der Waals surface area contributed by atoms with Gasteiger partial charge in [-0.3, -0.25) is 4.90 Å². The van der Waals surface area contributed by atoms with Crippen LogP contribution in [0.1, 0.15) is 42.6 Å². The van der Waals surface area contributed by atoms with E-state index in [4.69, 9.17) is 4.74 Å². The van der Waals surface area contributed by atoms with Crippen LogP contribution in [-0.2, 0) is 11.3 Å². The molecule has 0 spiro atoms. The summed E-state index contributed by atoms with van der Waals surface area (Å²) < 4.78 is 7.77. The van der Waals surface area contributed by atoms with Crippen molar-refractivity contribution in [1.29, 1.82) is 0 Å². The lowest BCUT2D eigenvalue weighted by molar-refractivity contribution is 0.193. The van der Waals surface area contributed by atoms with Crippen LogP contribution in [-0.4, -0.2) is 57.8 Å². The van der Waals surface area contributed by atoms with Crippen molar-refractivity contribution in [3.05, 3.63) is 36.3 Å². The van der Waals surface area contributed by atoms with Gasteiger partial charge in [-0.2, -0.15) is 0 Å². The average Bonchev–Trinajstić information content (AvgIpc) is 3.11. The first kappa shape index (κ1) is 16.5. The molecule has 25 heavy (non-hydrogen) atoms. The summed E-state index contributed by atoms with van der Waals surface area (Å²) in [5, 5.41) is 3.41. The van der Waals surface area contributed by atoms with Crippen molar-refractivity contribution < 1.29 is 4.74 Å². The molecule has 1 N–H and O–H groups in total. The summed E-state index contributed by atoms with van der Waals surface area (Å²) >= 11 is 0. The SMILES string of the molecule is CN(CCNc1cc([C@@H]2CCOC2)ncn1)Cc1cncn1C1CC1. The first-order chi connectivity index (χ1) is 12.3. The fourth-order valence-corrected chi connectivity index (χ4v) is 3.33. The number of imidazole rings is 1. The summed E-state index contributed by atoms with van der Waals surface area (Å²) in [6, 6.07) is 2.74. The van der Waals surface area contributed by atoms with Gasteiger partial charge in [0.1, 0.15) is 12.1 Å². The minimum absolute atomic E-state index is 0.411. The molecule has 2 aromatic heterocycles. The molecule has 4 rings (SSSR count). The Balaban J connectivity index is 1.25. The van der Waals surface area contributed by atoms with E-state index in [0.717, 1.165) is 50.8 Å². The number of anilines is 1. The summed E-state index contributed by atoms with van der Waals surface area (Å²) in [5.74, 6) is 1.31. The molecule has 0 unspecified atom stereocenters. The molecule has 1 aliphatic carbocycles. The predicted octanol–water partition coefficient (Wildman–Crippen LogP) is 2.06. The van der Waals surface area contributed by atoms with E-state index in [1.54, 1.807) is 6.33 Å². The highest BCUT2D eigenvalue weighted by Crippen LogP contribution is 2.35. The van der Waals surface area contributed by atoms with Gasteiger partial charge in [0.05, 0.1) is 24.3 Å². The zero-order chi connectivity index (χ0) is 17.1. The van der Waals surface area contributed by atoms with Gasteiger partial charge >= 0.3 is 0 Å². The second-order valence-corrected chi connectivity index (χ2v) is 7.08. The molecule has 2 aliphatic rings. The molecule has 0 amide bonds. The highest BCUT2D eigenvalue weighted by molar-refractivity contribution is 5.36. The van der Waals surface area contributed by atoms with E-state index in [1.165, 1.54) is 18.5 Å². The van der Waals surface area contributed by atoms with Gasteiger partial charge in [0.2, 0.25) is 0 Å². The molecule has 7 nitrogen and oxygen atoms in total. The van der Waals surface area contributed by atoms with Crippen molar-refractivity contribution in [2.75, 3.05) is 38.7 Å². The van der Waals surface area contributed by atoms with Gasteiger partial charge in [-0.05, 0) is 26.3 Å². The van der Waals surface area contributed by atoms with Crippen LogP contribution in [0.2, 0.25) is 0 Å². The third-order valence-corrected chi connectivity index (χ3v) is 4.95. The van der Waals surface area contributed by atoms with Crippen LogP contribution in [0.4, 0.5) is 5.82 Å². The molecular weight excluding hydrogens is 316 g/mol. The van der Waals surface area contributed by atoms with Crippen molar-refractivity contribution in [2.45, 2.75) is 37.8 Å². The van der Waals surface area contributed by atoms with Crippen molar-refractivity contribution >= 4 is 5.82 Å². The Morgan fingerprint density at radius 3 is 3.04 bits per heavy atom. The number of ether oxygens (including phenoxy) is 1. The van der Waals surface area contributed by atoms with E-state index < -0.39 is 0 Å². The fourth-order valence-electron chi connectivity index (χ4n) is 3.33. The van der Waals surface area contributed by atoms with E-state index in [-0.39, 0.29) is 0 Å². The summed E-state index contributed by atoms with van der Waals surface area (Å²) in [6.07, 6.45) is 9.23. The van der Waals surface area contributed by atoms with E-state index in [9.17, 15) is 0 Å². The zero-order valence-corrected chi connectivity index (χ0v) is 14.8. The lowest BCUT2D eigenvalue weighted by Crippen LogP contribution is -2.26. The van der Waals surface area contributed by atoms with E-state index >= 15 is 0 Å². The zero-order valence-electron chi connectivity index (χ0n) is 14.8. The van der Waals surface area contributed by atoms with Gasteiger partial charge < -0.3 is 14.6 Å². The Kier molecular flexibility index (Phi) is 4.94. The second kappa shape index (κ2) is 7.49. The van der Waals surface area contributed by atoms with Crippen LogP contribution >= 0.6 is 0 Å². The van der Waals surface area contributed by atoms with Crippen molar-refractivity contribution in [3.63, 3.8) is 0 Å². The Labute approximate surface area is 148 Å². The van der Waals surface area contributed by atoms with Crippen molar-refractivity contribution in [1.82, 2.24) is 24.4 Å². The lowest BCUT2D eigenvalue weighted by Gasteiger charge is -2.18. The van der Waals surface area contributed by atoms with Gasteiger partial charge in [0.15, 0.2) is 0 Å². The Morgan fingerprint density at radius 2 is 2.24 bits per heavy atom. The second-order valence-electron chi connectivity index (χ2n) is 7.08. The number of hydrogen-bond acceptors (Lipinski definition) is 6. The molecule has 3 heterocycles. The summed E-state index contributed by atoms with van der Waals surface area (Å²) in [6.45, 7) is 4.33. The summed E-state index contributed by atoms with van der Waals surface area (Å²) in [4.78, 5) is 15.3. The third-order valence-electron chi connectivity index (χ3n) is 4.95. The molecule has 1 atom stereocenters. The highest BCUT2D eigenvalue weighted by Gasteiger charge is 2.25. The number of aromatic nitrogens is 4. The van der Waals surface area contributed by atoms with Gasteiger partial charge in [0.25, 0.3) is 0 Å². The van der Waals surface area contributed by atoms with Crippen LogP contribution in [0, 0.1) is 0 Å². The van der Waals surface area contributed by atoms with Crippen molar-refractivity contribution in [3.8, 4) is 0 Å². The molecule has 2 aromatic rings. The molecule has 0 aromatic carbocycles. The first-order valence-electron chi connectivity index (χ1n) is 9.12. The molecule has 0 radical (unpaired) electrons. The van der Waals surface area contributed by atoms with Crippen LogP contribution in [0.3, 0.4) is 0 Å². The topological polar surface area (TPSA) is 68.1 Å². The number of likely N-dealkylation sites (N-methyl/N-ethyl adjacent to an activating group) is 1. The van der Waals surface area contributed by atoms with Crippen molar-refractivity contribution in [2.24, 2.45) is 0 Å². The predicted molar refractivity (Wildman–Crippen MR) is 95.5 cm³/mol. The van der Waals surface area contributed by atoms with Crippen LogP contribution < -0.4 is 5.32 Å². The molecule has 0 bridgehead atoms. The largest absolute Gasteiger partial charge is 0.381 e.